The lowest BCUT2D eigenvalue weighted by Gasteiger charge is -2.09. The van der Waals surface area contributed by atoms with Gasteiger partial charge in [-0.1, -0.05) is 0 Å². The Morgan fingerprint density at radius 1 is 1.78 bits per heavy atom. The number of carbonyl (C=O) groups excluding carboxylic acids is 1. The SMILES string of the molecule is CC1C(=O)C(=N)CN1C. The topological polar surface area (TPSA) is 44.2 Å². The molecule has 1 fully saturated rings. The Labute approximate surface area is 54.2 Å². The van der Waals surface area contributed by atoms with E-state index in [2.05, 4.69) is 0 Å². The summed E-state index contributed by atoms with van der Waals surface area (Å²) in [5, 5.41) is 7.12. The fourth-order valence-electron chi connectivity index (χ4n) is 0.917. The smallest absolute Gasteiger partial charge is 0.194 e. The molecule has 0 aromatic rings. The van der Waals surface area contributed by atoms with Crippen molar-refractivity contribution in [2.24, 2.45) is 0 Å². The molecule has 0 amide bonds. The maximum Gasteiger partial charge on any atom is 0.194 e. The van der Waals surface area contributed by atoms with Crippen molar-refractivity contribution >= 4 is 11.5 Å². The number of rotatable bonds is 0. The molecule has 1 N–H and O–H groups in total. The van der Waals surface area contributed by atoms with Gasteiger partial charge in [0, 0.05) is 6.54 Å². The van der Waals surface area contributed by atoms with Crippen molar-refractivity contribution in [3.8, 4) is 0 Å². The predicted molar refractivity (Wildman–Crippen MR) is 34.8 cm³/mol. The highest BCUT2D eigenvalue weighted by Gasteiger charge is 2.29. The monoisotopic (exact) mass is 126 g/mol. The van der Waals surface area contributed by atoms with Gasteiger partial charge in [-0.2, -0.15) is 0 Å². The molecule has 0 aromatic carbocycles. The van der Waals surface area contributed by atoms with Gasteiger partial charge in [0.2, 0.25) is 0 Å². The predicted octanol–water partition coefficient (Wildman–Crippen LogP) is -0.0908. The van der Waals surface area contributed by atoms with Gasteiger partial charge >= 0.3 is 0 Å². The lowest BCUT2D eigenvalue weighted by molar-refractivity contribution is -0.114. The summed E-state index contributed by atoms with van der Waals surface area (Å²) in [5.41, 5.74) is 0.241. The number of nitrogens with zero attached hydrogens (tertiary/aromatic N) is 1. The van der Waals surface area contributed by atoms with Crippen molar-refractivity contribution in [1.29, 1.82) is 5.41 Å². The maximum absolute atomic E-state index is 10.8. The van der Waals surface area contributed by atoms with E-state index in [1.165, 1.54) is 0 Å². The number of ketones is 1. The highest BCUT2D eigenvalue weighted by molar-refractivity contribution is 6.43. The average Bonchev–Trinajstić information content (AvgIpc) is 1.98. The summed E-state index contributed by atoms with van der Waals surface area (Å²) < 4.78 is 0. The molecule has 1 unspecified atom stereocenters. The number of Topliss-reactive ketones (excluding diaryl/α,β-unsaturated/α-hetero) is 1. The van der Waals surface area contributed by atoms with Crippen LogP contribution in [0.15, 0.2) is 0 Å². The summed E-state index contributed by atoms with van der Waals surface area (Å²) in [4.78, 5) is 12.7. The molecule has 0 spiro atoms. The first kappa shape index (κ1) is 6.42. The highest BCUT2D eigenvalue weighted by atomic mass is 16.1. The van der Waals surface area contributed by atoms with E-state index in [1.807, 2.05) is 18.9 Å². The summed E-state index contributed by atoms with van der Waals surface area (Å²) in [7, 11) is 1.85. The van der Waals surface area contributed by atoms with E-state index in [0.717, 1.165) is 0 Å². The molecule has 0 radical (unpaired) electrons. The number of likely N-dealkylation sites (tertiary alicyclic amines) is 1. The molecular weight excluding hydrogens is 116 g/mol. The number of hydrogen-bond donors (Lipinski definition) is 1. The van der Waals surface area contributed by atoms with Crippen LogP contribution in [0.25, 0.3) is 0 Å². The second-order valence-electron chi connectivity index (χ2n) is 2.43. The zero-order chi connectivity index (χ0) is 7.02. The van der Waals surface area contributed by atoms with Gasteiger partial charge in [-0.15, -0.1) is 0 Å². The fourth-order valence-corrected chi connectivity index (χ4v) is 0.917. The van der Waals surface area contributed by atoms with Gasteiger partial charge in [0.25, 0.3) is 0 Å². The van der Waals surface area contributed by atoms with Crippen LogP contribution in [-0.4, -0.2) is 36.0 Å². The minimum atomic E-state index is -0.0718. The van der Waals surface area contributed by atoms with Crippen LogP contribution in [0.3, 0.4) is 0 Å². The minimum absolute atomic E-state index is 0.0301. The van der Waals surface area contributed by atoms with Gasteiger partial charge in [0.1, 0.15) is 0 Å². The lowest BCUT2D eigenvalue weighted by Crippen LogP contribution is -2.25. The Kier molecular flexibility index (Phi) is 1.37. The van der Waals surface area contributed by atoms with Crippen molar-refractivity contribution in [2.75, 3.05) is 13.6 Å². The average molecular weight is 126 g/mol. The van der Waals surface area contributed by atoms with Gasteiger partial charge in [-0.25, -0.2) is 0 Å². The Morgan fingerprint density at radius 2 is 2.33 bits per heavy atom. The number of likely N-dealkylation sites (N-methyl/N-ethyl adjacent to an activating group) is 1. The molecule has 9 heavy (non-hydrogen) atoms. The number of carbonyl (C=O) groups is 1. The molecular formula is C6H10N2O. The van der Waals surface area contributed by atoms with Crippen molar-refractivity contribution in [2.45, 2.75) is 13.0 Å². The summed E-state index contributed by atoms with van der Waals surface area (Å²) in [6.07, 6.45) is 0. The summed E-state index contributed by atoms with van der Waals surface area (Å²) >= 11 is 0. The van der Waals surface area contributed by atoms with E-state index in [1.54, 1.807) is 0 Å². The van der Waals surface area contributed by atoms with Crippen molar-refractivity contribution < 1.29 is 4.79 Å². The van der Waals surface area contributed by atoms with Gasteiger partial charge in [0.15, 0.2) is 5.78 Å². The fraction of sp³-hybridized carbons (Fsp3) is 0.667. The first-order chi connectivity index (χ1) is 4.13. The van der Waals surface area contributed by atoms with E-state index in [0.29, 0.717) is 6.54 Å². The van der Waals surface area contributed by atoms with E-state index >= 15 is 0 Å². The Balaban J connectivity index is 2.77. The van der Waals surface area contributed by atoms with E-state index in [-0.39, 0.29) is 17.5 Å². The van der Waals surface area contributed by atoms with Crippen LogP contribution in [0, 0.1) is 5.41 Å². The van der Waals surface area contributed by atoms with E-state index < -0.39 is 0 Å². The van der Waals surface area contributed by atoms with Crippen LogP contribution in [0.2, 0.25) is 0 Å². The quantitative estimate of drug-likeness (QED) is 0.493. The Morgan fingerprint density at radius 3 is 2.44 bits per heavy atom. The third kappa shape index (κ3) is 0.876. The van der Waals surface area contributed by atoms with Crippen molar-refractivity contribution in [1.82, 2.24) is 4.90 Å². The zero-order valence-corrected chi connectivity index (χ0v) is 5.64. The summed E-state index contributed by atoms with van der Waals surface area (Å²) in [6, 6.07) is -0.0718. The van der Waals surface area contributed by atoms with Gasteiger partial charge in [-0.3, -0.25) is 9.69 Å². The van der Waals surface area contributed by atoms with Gasteiger partial charge in [0.05, 0.1) is 11.8 Å². The highest BCUT2D eigenvalue weighted by Crippen LogP contribution is 2.06. The largest absolute Gasteiger partial charge is 0.300 e. The molecule has 1 rings (SSSR count). The van der Waals surface area contributed by atoms with Crippen molar-refractivity contribution in [3.05, 3.63) is 0 Å². The van der Waals surface area contributed by atoms with Gasteiger partial charge < -0.3 is 5.41 Å². The Bertz CT molecular complexity index is 164. The minimum Gasteiger partial charge on any atom is -0.300 e. The van der Waals surface area contributed by atoms with E-state index in [4.69, 9.17) is 5.41 Å². The molecule has 1 heterocycles. The van der Waals surface area contributed by atoms with E-state index in [9.17, 15) is 4.79 Å². The molecule has 0 bridgehead atoms. The molecule has 1 atom stereocenters. The molecule has 1 aliphatic heterocycles. The first-order valence-corrected chi connectivity index (χ1v) is 2.95. The third-order valence-electron chi connectivity index (χ3n) is 1.75. The number of hydrogen-bond acceptors (Lipinski definition) is 3. The van der Waals surface area contributed by atoms with Crippen LogP contribution in [0.5, 0.6) is 0 Å². The van der Waals surface area contributed by atoms with Crippen LogP contribution in [0.4, 0.5) is 0 Å². The maximum atomic E-state index is 10.8. The van der Waals surface area contributed by atoms with Crippen LogP contribution < -0.4 is 0 Å². The summed E-state index contributed by atoms with van der Waals surface area (Å²) in [5.74, 6) is -0.0301. The molecule has 50 valence electrons. The molecule has 3 heteroatoms. The molecule has 0 aromatic heterocycles. The second-order valence-corrected chi connectivity index (χ2v) is 2.43. The molecule has 1 saturated heterocycles. The summed E-state index contributed by atoms with van der Waals surface area (Å²) in [6.45, 7) is 2.34. The molecule has 1 aliphatic rings. The van der Waals surface area contributed by atoms with Crippen molar-refractivity contribution in [3.63, 3.8) is 0 Å². The normalized spacial score (nSPS) is 29.8. The zero-order valence-electron chi connectivity index (χ0n) is 5.64. The van der Waals surface area contributed by atoms with Crippen LogP contribution in [0.1, 0.15) is 6.92 Å². The number of nitrogens with one attached hydrogen (secondary N) is 1. The lowest BCUT2D eigenvalue weighted by atomic mass is 10.2. The molecule has 0 saturated carbocycles. The second kappa shape index (κ2) is 1.92. The molecule has 0 aliphatic carbocycles. The molecule has 3 nitrogen and oxygen atoms in total. The van der Waals surface area contributed by atoms with Crippen LogP contribution in [-0.2, 0) is 4.79 Å². The standard InChI is InChI=1S/C6H10N2O/c1-4-6(9)5(7)3-8(4)2/h4,7H,3H2,1-2H3. The third-order valence-corrected chi connectivity index (χ3v) is 1.75. The van der Waals surface area contributed by atoms with Gasteiger partial charge in [-0.05, 0) is 14.0 Å². The van der Waals surface area contributed by atoms with Crippen LogP contribution >= 0.6 is 0 Å². The first-order valence-electron chi connectivity index (χ1n) is 2.95. The Hall–Kier alpha value is -0.700.